The molecule has 0 unspecified atom stereocenters. The standard InChI is InChI=1S/C24H30Cl2N2O3S/c1-16(23(30)27-24(2,3)4)28(13-17-6-10-20(31-5)11-7-17)22(29)15-32-14-18-8-9-19(25)12-21(18)26/h6-12,16H,13-15H2,1-5H3,(H,27,30)/t16-/m1/s1. The average molecular weight is 497 g/mol. The molecule has 1 N–H and O–H groups in total. The molecule has 0 aromatic heterocycles. The Balaban J connectivity index is 2.12. The third-order valence-electron chi connectivity index (χ3n) is 4.68. The monoisotopic (exact) mass is 496 g/mol. The van der Waals surface area contributed by atoms with Crippen LogP contribution in [0.15, 0.2) is 42.5 Å². The van der Waals surface area contributed by atoms with Gasteiger partial charge in [0.05, 0.1) is 12.9 Å². The molecule has 5 nitrogen and oxygen atoms in total. The number of ether oxygens (including phenoxy) is 1. The summed E-state index contributed by atoms with van der Waals surface area (Å²) in [7, 11) is 1.61. The molecule has 0 heterocycles. The van der Waals surface area contributed by atoms with Crippen LogP contribution in [0.5, 0.6) is 5.75 Å². The maximum absolute atomic E-state index is 13.2. The van der Waals surface area contributed by atoms with Crippen LogP contribution < -0.4 is 10.1 Å². The topological polar surface area (TPSA) is 58.6 Å². The van der Waals surface area contributed by atoms with Gasteiger partial charge in [0.1, 0.15) is 11.8 Å². The van der Waals surface area contributed by atoms with Gasteiger partial charge in [0, 0.05) is 27.9 Å². The first-order chi connectivity index (χ1) is 15.0. The molecular formula is C24H30Cl2N2O3S. The van der Waals surface area contributed by atoms with Crippen LogP contribution >= 0.6 is 35.0 Å². The number of carbonyl (C=O) groups excluding carboxylic acids is 2. The highest BCUT2D eigenvalue weighted by Crippen LogP contribution is 2.25. The van der Waals surface area contributed by atoms with Crippen LogP contribution in [-0.2, 0) is 21.9 Å². The minimum atomic E-state index is -0.622. The molecule has 2 amide bonds. The molecule has 174 valence electrons. The summed E-state index contributed by atoms with van der Waals surface area (Å²) in [5.74, 6) is 1.22. The Labute approximate surface area is 204 Å². The number of methoxy groups -OCH3 is 1. The fourth-order valence-corrected chi connectivity index (χ4v) is 4.42. The third-order valence-corrected chi connectivity index (χ3v) is 6.23. The van der Waals surface area contributed by atoms with Crippen molar-refractivity contribution in [3.8, 4) is 5.75 Å². The van der Waals surface area contributed by atoms with Gasteiger partial charge in [-0.2, -0.15) is 0 Å². The molecule has 2 aromatic carbocycles. The zero-order chi connectivity index (χ0) is 23.9. The Hall–Kier alpha value is -1.89. The summed E-state index contributed by atoms with van der Waals surface area (Å²) in [6, 6.07) is 12.2. The Morgan fingerprint density at radius 3 is 2.34 bits per heavy atom. The smallest absolute Gasteiger partial charge is 0.242 e. The lowest BCUT2D eigenvalue weighted by Gasteiger charge is -2.31. The Kier molecular flexibility index (Phi) is 9.74. The summed E-state index contributed by atoms with van der Waals surface area (Å²) in [5, 5.41) is 4.11. The summed E-state index contributed by atoms with van der Waals surface area (Å²) in [6.45, 7) is 7.82. The molecule has 8 heteroatoms. The second-order valence-electron chi connectivity index (χ2n) is 8.51. The van der Waals surface area contributed by atoms with Crippen molar-refractivity contribution in [3.05, 3.63) is 63.6 Å². The van der Waals surface area contributed by atoms with Gasteiger partial charge in [-0.05, 0) is 63.1 Å². The van der Waals surface area contributed by atoms with Crippen molar-refractivity contribution in [3.63, 3.8) is 0 Å². The number of amides is 2. The number of thioether (sulfide) groups is 1. The lowest BCUT2D eigenvalue weighted by molar-refractivity contribution is -0.139. The molecule has 0 radical (unpaired) electrons. The molecule has 1 atom stereocenters. The highest BCUT2D eigenvalue weighted by atomic mass is 35.5. The second-order valence-corrected chi connectivity index (χ2v) is 10.3. The number of halogens is 2. The Morgan fingerprint density at radius 1 is 1.12 bits per heavy atom. The number of carbonyl (C=O) groups is 2. The predicted molar refractivity (Wildman–Crippen MR) is 134 cm³/mol. The molecule has 0 aliphatic heterocycles. The van der Waals surface area contributed by atoms with E-state index in [9.17, 15) is 9.59 Å². The van der Waals surface area contributed by atoms with Crippen molar-refractivity contribution in [2.75, 3.05) is 12.9 Å². The molecule has 2 rings (SSSR count). The van der Waals surface area contributed by atoms with E-state index in [1.54, 1.807) is 31.1 Å². The fourth-order valence-electron chi connectivity index (χ4n) is 2.95. The summed E-state index contributed by atoms with van der Waals surface area (Å²) in [6.07, 6.45) is 0. The van der Waals surface area contributed by atoms with Gasteiger partial charge in [-0.1, -0.05) is 41.4 Å². The van der Waals surface area contributed by atoms with Crippen molar-refractivity contribution in [2.45, 2.75) is 51.6 Å². The second kappa shape index (κ2) is 11.8. The van der Waals surface area contributed by atoms with Gasteiger partial charge in [0.2, 0.25) is 11.8 Å². The zero-order valence-corrected chi connectivity index (χ0v) is 21.4. The van der Waals surface area contributed by atoms with Gasteiger partial charge >= 0.3 is 0 Å². The molecular weight excluding hydrogens is 467 g/mol. The maximum atomic E-state index is 13.2. The van der Waals surface area contributed by atoms with Crippen LogP contribution in [0, 0.1) is 0 Å². The van der Waals surface area contributed by atoms with Gasteiger partial charge in [-0.15, -0.1) is 11.8 Å². The molecule has 0 spiro atoms. The molecule has 2 aromatic rings. The SMILES string of the molecule is COc1ccc(CN(C(=O)CSCc2ccc(Cl)cc2Cl)[C@H](C)C(=O)NC(C)(C)C)cc1. The minimum absolute atomic E-state index is 0.118. The molecule has 0 bridgehead atoms. The number of hydrogen-bond acceptors (Lipinski definition) is 4. The quantitative estimate of drug-likeness (QED) is 0.492. The maximum Gasteiger partial charge on any atom is 0.242 e. The number of benzene rings is 2. The van der Waals surface area contributed by atoms with E-state index in [2.05, 4.69) is 5.32 Å². The van der Waals surface area contributed by atoms with E-state index in [4.69, 9.17) is 27.9 Å². The number of rotatable bonds is 9. The molecule has 0 aliphatic carbocycles. The average Bonchev–Trinajstić information content (AvgIpc) is 2.72. The Morgan fingerprint density at radius 2 is 1.78 bits per heavy atom. The van der Waals surface area contributed by atoms with Gasteiger partial charge in [-0.3, -0.25) is 9.59 Å². The van der Waals surface area contributed by atoms with E-state index in [0.717, 1.165) is 16.9 Å². The Bertz CT molecular complexity index is 930. The number of nitrogens with one attached hydrogen (secondary N) is 1. The van der Waals surface area contributed by atoms with Gasteiger partial charge in [-0.25, -0.2) is 0 Å². The lowest BCUT2D eigenvalue weighted by Crippen LogP contribution is -2.52. The highest BCUT2D eigenvalue weighted by molar-refractivity contribution is 7.99. The van der Waals surface area contributed by atoms with Crippen LogP contribution in [0.1, 0.15) is 38.8 Å². The molecule has 0 aliphatic rings. The van der Waals surface area contributed by atoms with Crippen molar-refractivity contribution >= 4 is 46.8 Å². The first-order valence-electron chi connectivity index (χ1n) is 10.3. The summed E-state index contributed by atoms with van der Waals surface area (Å²) < 4.78 is 5.21. The largest absolute Gasteiger partial charge is 0.497 e. The predicted octanol–water partition coefficient (Wildman–Crippen LogP) is 5.57. The lowest BCUT2D eigenvalue weighted by atomic mass is 10.1. The van der Waals surface area contributed by atoms with Gasteiger partial charge in [0.25, 0.3) is 0 Å². The number of nitrogens with zero attached hydrogens (tertiary/aromatic N) is 1. The number of hydrogen-bond donors (Lipinski definition) is 1. The van der Waals surface area contributed by atoms with Crippen molar-refractivity contribution in [2.24, 2.45) is 0 Å². The van der Waals surface area contributed by atoms with Crippen molar-refractivity contribution in [1.29, 1.82) is 0 Å². The van der Waals surface area contributed by atoms with E-state index >= 15 is 0 Å². The molecule has 0 saturated heterocycles. The first-order valence-corrected chi connectivity index (χ1v) is 12.2. The third kappa shape index (κ3) is 8.23. The summed E-state index contributed by atoms with van der Waals surface area (Å²) >= 11 is 13.6. The highest BCUT2D eigenvalue weighted by Gasteiger charge is 2.28. The van der Waals surface area contributed by atoms with Gasteiger partial charge < -0.3 is 15.0 Å². The van der Waals surface area contributed by atoms with E-state index in [1.165, 1.54) is 11.8 Å². The summed E-state index contributed by atoms with van der Waals surface area (Å²) in [4.78, 5) is 27.6. The van der Waals surface area contributed by atoms with E-state index < -0.39 is 6.04 Å². The zero-order valence-electron chi connectivity index (χ0n) is 19.1. The van der Waals surface area contributed by atoms with E-state index in [-0.39, 0.29) is 23.1 Å². The van der Waals surface area contributed by atoms with Crippen LogP contribution in [0.2, 0.25) is 10.0 Å². The fraction of sp³-hybridized carbons (Fsp3) is 0.417. The van der Waals surface area contributed by atoms with Crippen molar-refractivity contribution in [1.82, 2.24) is 10.2 Å². The normalized spacial score (nSPS) is 12.2. The minimum Gasteiger partial charge on any atom is -0.497 e. The molecule has 0 fully saturated rings. The summed E-state index contributed by atoms with van der Waals surface area (Å²) in [5.41, 5.74) is 1.44. The van der Waals surface area contributed by atoms with Crippen LogP contribution in [0.4, 0.5) is 0 Å². The van der Waals surface area contributed by atoms with Crippen LogP contribution in [-0.4, -0.2) is 41.2 Å². The molecule has 0 saturated carbocycles. The van der Waals surface area contributed by atoms with Crippen LogP contribution in [0.3, 0.4) is 0 Å². The molecule has 32 heavy (non-hydrogen) atoms. The van der Waals surface area contributed by atoms with Crippen molar-refractivity contribution < 1.29 is 14.3 Å². The van der Waals surface area contributed by atoms with Gasteiger partial charge in [0.15, 0.2) is 0 Å². The van der Waals surface area contributed by atoms with E-state index in [1.807, 2.05) is 51.1 Å². The van der Waals surface area contributed by atoms with Crippen LogP contribution in [0.25, 0.3) is 0 Å². The van der Waals surface area contributed by atoms with E-state index in [0.29, 0.717) is 22.3 Å². The first kappa shape index (κ1) is 26.4.